The molecule has 0 aromatic rings. The topological polar surface area (TPSA) is 33.7 Å². The van der Waals surface area contributed by atoms with E-state index in [2.05, 4.69) is 17.1 Å². The molecule has 1 aliphatic rings. The second-order valence-corrected chi connectivity index (χ2v) is 5.05. The number of nitrogens with one attached hydrogen (secondary N) is 1. The minimum absolute atomic E-state index is 0.701. The number of ether oxygens (including phenoxy) is 2. The fourth-order valence-electron chi connectivity index (χ4n) is 2.41. The first-order valence-electron chi connectivity index (χ1n) is 7.39. The zero-order valence-corrected chi connectivity index (χ0v) is 12.1. The lowest BCUT2D eigenvalue weighted by molar-refractivity contribution is 0.0632. The van der Waals surface area contributed by atoms with Crippen LogP contribution in [0.2, 0.25) is 0 Å². The zero-order chi connectivity index (χ0) is 13.1. The Bertz CT molecular complexity index is 191. The molecule has 0 aromatic heterocycles. The lowest BCUT2D eigenvalue weighted by Crippen LogP contribution is -2.46. The fourth-order valence-corrected chi connectivity index (χ4v) is 2.41. The maximum absolute atomic E-state index is 5.49. The Morgan fingerprint density at radius 1 is 1.28 bits per heavy atom. The minimum Gasteiger partial charge on any atom is -0.382 e. The number of piperidine rings is 1. The molecule has 0 aliphatic carbocycles. The van der Waals surface area contributed by atoms with Gasteiger partial charge in [0.2, 0.25) is 0 Å². The molecule has 1 rings (SSSR count). The maximum Gasteiger partial charge on any atom is 0.0700 e. The molecule has 0 saturated carbocycles. The third kappa shape index (κ3) is 7.31. The fraction of sp³-hybridized carbons (Fsp3) is 1.00. The van der Waals surface area contributed by atoms with E-state index in [0.29, 0.717) is 12.6 Å². The standard InChI is InChI=1S/C14H30N2O2/c1-3-7-15-14-6-4-8-16(13-14)9-5-10-18-12-11-17-2/h14-15H,3-13H2,1-2H3. The van der Waals surface area contributed by atoms with Crippen LogP contribution in [0, 0.1) is 0 Å². The van der Waals surface area contributed by atoms with E-state index in [4.69, 9.17) is 9.47 Å². The summed E-state index contributed by atoms with van der Waals surface area (Å²) in [4.78, 5) is 2.57. The van der Waals surface area contributed by atoms with E-state index in [1.165, 1.54) is 32.4 Å². The van der Waals surface area contributed by atoms with E-state index >= 15 is 0 Å². The van der Waals surface area contributed by atoms with Gasteiger partial charge in [-0.25, -0.2) is 0 Å². The Kier molecular flexibility index (Phi) is 9.48. The Morgan fingerprint density at radius 3 is 2.94 bits per heavy atom. The lowest BCUT2D eigenvalue weighted by Gasteiger charge is -2.33. The summed E-state index contributed by atoms with van der Waals surface area (Å²) in [6.07, 6.45) is 5.01. The van der Waals surface area contributed by atoms with E-state index in [1.54, 1.807) is 7.11 Å². The average molecular weight is 258 g/mol. The molecule has 4 nitrogen and oxygen atoms in total. The van der Waals surface area contributed by atoms with Gasteiger partial charge in [0.1, 0.15) is 0 Å². The summed E-state index contributed by atoms with van der Waals surface area (Å²) in [6, 6.07) is 0.702. The average Bonchev–Trinajstić information content (AvgIpc) is 2.41. The molecule has 0 radical (unpaired) electrons. The first-order valence-corrected chi connectivity index (χ1v) is 7.39. The van der Waals surface area contributed by atoms with Crippen molar-refractivity contribution in [1.29, 1.82) is 0 Å². The quantitative estimate of drug-likeness (QED) is 0.602. The molecule has 0 aromatic carbocycles. The SMILES string of the molecule is CCCNC1CCCN(CCCOCCOC)C1. The second-order valence-electron chi connectivity index (χ2n) is 5.05. The molecule has 1 unspecified atom stereocenters. The summed E-state index contributed by atoms with van der Waals surface area (Å²) in [7, 11) is 1.71. The van der Waals surface area contributed by atoms with Crippen molar-refractivity contribution >= 4 is 0 Å². The number of nitrogens with zero attached hydrogens (tertiary/aromatic N) is 1. The first kappa shape index (κ1) is 15.9. The van der Waals surface area contributed by atoms with Gasteiger partial charge in [-0.15, -0.1) is 0 Å². The highest BCUT2D eigenvalue weighted by molar-refractivity contribution is 4.77. The van der Waals surface area contributed by atoms with E-state index in [0.717, 1.165) is 32.7 Å². The van der Waals surface area contributed by atoms with Gasteiger partial charge in [-0.2, -0.15) is 0 Å². The van der Waals surface area contributed by atoms with Crippen LogP contribution in [0.15, 0.2) is 0 Å². The predicted molar refractivity (Wildman–Crippen MR) is 75.1 cm³/mol. The van der Waals surface area contributed by atoms with Crippen LogP contribution in [0.4, 0.5) is 0 Å². The number of likely N-dealkylation sites (tertiary alicyclic amines) is 1. The van der Waals surface area contributed by atoms with Gasteiger partial charge in [0.15, 0.2) is 0 Å². The van der Waals surface area contributed by atoms with Crippen molar-refractivity contribution in [2.75, 3.05) is 53.1 Å². The number of rotatable bonds is 10. The van der Waals surface area contributed by atoms with Crippen molar-refractivity contribution < 1.29 is 9.47 Å². The smallest absolute Gasteiger partial charge is 0.0700 e. The van der Waals surface area contributed by atoms with Crippen molar-refractivity contribution in [2.45, 2.75) is 38.6 Å². The van der Waals surface area contributed by atoms with Crippen molar-refractivity contribution in [2.24, 2.45) is 0 Å². The van der Waals surface area contributed by atoms with Crippen molar-refractivity contribution in [3.05, 3.63) is 0 Å². The lowest BCUT2D eigenvalue weighted by atomic mass is 10.1. The summed E-state index contributed by atoms with van der Waals surface area (Å²) < 4.78 is 10.4. The van der Waals surface area contributed by atoms with Crippen LogP contribution in [-0.2, 0) is 9.47 Å². The van der Waals surface area contributed by atoms with E-state index in [-0.39, 0.29) is 0 Å². The van der Waals surface area contributed by atoms with Gasteiger partial charge in [-0.3, -0.25) is 0 Å². The molecular weight excluding hydrogens is 228 g/mol. The molecule has 18 heavy (non-hydrogen) atoms. The molecule has 0 bridgehead atoms. The molecule has 1 heterocycles. The monoisotopic (exact) mass is 258 g/mol. The molecule has 4 heteroatoms. The Hall–Kier alpha value is -0.160. The van der Waals surface area contributed by atoms with Crippen LogP contribution >= 0.6 is 0 Å². The summed E-state index contributed by atoms with van der Waals surface area (Å²) in [5.74, 6) is 0. The number of hydrogen-bond acceptors (Lipinski definition) is 4. The van der Waals surface area contributed by atoms with Gasteiger partial charge >= 0.3 is 0 Å². The zero-order valence-electron chi connectivity index (χ0n) is 12.1. The summed E-state index contributed by atoms with van der Waals surface area (Å²) in [6.45, 7) is 9.28. The molecule has 1 N–H and O–H groups in total. The van der Waals surface area contributed by atoms with E-state index < -0.39 is 0 Å². The van der Waals surface area contributed by atoms with Gasteiger partial charge in [0.05, 0.1) is 13.2 Å². The van der Waals surface area contributed by atoms with Gasteiger partial charge in [0.25, 0.3) is 0 Å². The third-order valence-electron chi connectivity index (χ3n) is 3.38. The van der Waals surface area contributed by atoms with Crippen LogP contribution in [0.1, 0.15) is 32.6 Å². The van der Waals surface area contributed by atoms with Gasteiger partial charge in [-0.1, -0.05) is 6.92 Å². The minimum atomic E-state index is 0.701. The van der Waals surface area contributed by atoms with Crippen LogP contribution in [0.3, 0.4) is 0 Å². The first-order chi connectivity index (χ1) is 8.86. The summed E-state index contributed by atoms with van der Waals surface area (Å²) >= 11 is 0. The Labute approximate surface area is 112 Å². The van der Waals surface area contributed by atoms with Crippen LogP contribution in [0.25, 0.3) is 0 Å². The van der Waals surface area contributed by atoms with Crippen LogP contribution in [0.5, 0.6) is 0 Å². The number of hydrogen-bond donors (Lipinski definition) is 1. The van der Waals surface area contributed by atoms with Gasteiger partial charge in [-0.05, 0) is 38.8 Å². The third-order valence-corrected chi connectivity index (χ3v) is 3.38. The van der Waals surface area contributed by atoms with Crippen molar-refractivity contribution in [3.63, 3.8) is 0 Å². The normalized spacial score (nSPS) is 21.3. The Balaban J connectivity index is 2.00. The molecule has 0 amide bonds. The highest BCUT2D eigenvalue weighted by Gasteiger charge is 2.18. The van der Waals surface area contributed by atoms with Gasteiger partial charge < -0.3 is 19.7 Å². The molecule has 1 atom stereocenters. The highest BCUT2D eigenvalue weighted by atomic mass is 16.5. The molecule has 1 saturated heterocycles. The largest absolute Gasteiger partial charge is 0.382 e. The molecular formula is C14H30N2O2. The van der Waals surface area contributed by atoms with E-state index in [1.807, 2.05) is 0 Å². The molecule has 1 fully saturated rings. The van der Waals surface area contributed by atoms with Gasteiger partial charge in [0, 0.05) is 32.8 Å². The second kappa shape index (κ2) is 10.7. The molecule has 1 aliphatic heterocycles. The summed E-state index contributed by atoms with van der Waals surface area (Å²) in [5, 5.41) is 3.63. The summed E-state index contributed by atoms with van der Waals surface area (Å²) in [5.41, 5.74) is 0. The van der Waals surface area contributed by atoms with Crippen LogP contribution < -0.4 is 5.32 Å². The van der Waals surface area contributed by atoms with Crippen molar-refractivity contribution in [3.8, 4) is 0 Å². The van der Waals surface area contributed by atoms with Crippen molar-refractivity contribution in [1.82, 2.24) is 10.2 Å². The number of methoxy groups -OCH3 is 1. The maximum atomic E-state index is 5.49. The molecule has 108 valence electrons. The highest BCUT2D eigenvalue weighted by Crippen LogP contribution is 2.10. The predicted octanol–water partition coefficient (Wildman–Crippen LogP) is 1.50. The van der Waals surface area contributed by atoms with E-state index in [9.17, 15) is 0 Å². The molecule has 0 spiro atoms. The van der Waals surface area contributed by atoms with Crippen LogP contribution in [-0.4, -0.2) is 64.1 Å². The Morgan fingerprint density at radius 2 is 2.17 bits per heavy atom.